The third kappa shape index (κ3) is 3.12. The molecule has 0 aliphatic rings. The number of rotatable bonds is 4. The lowest BCUT2D eigenvalue weighted by Crippen LogP contribution is -2.05. The molecule has 1 aromatic heterocycles. The van der Waals surface area contributed by atoms with Gasteiger partial charge in [0.05, 0.1) is 12.7 Å². The van der Waals surface area contributed by atoms with E-state index in [1.54, 1.807) is 19.2 Å². The summed E-state index contributed by atoms with van der Waals surface area (Å²) in [5.74, 6) is 2.01. The van der Waals surface area contributed by atoms with Gasteiger partial charge in [0.15, 0.2) is 5.82 Å². The van der Waals surface area contributed by atoms with E-state index < -0.39 is 0 Å². The highest BCUT2D eigenvalue weighted by molar-refractivity contribution is 6.30. The van der Waals surface area contributed by atoms with Crippen molar-refractivity contribution in [2.75, 3.05) is 12.8 Å². The predicted octanol–water partition coefficient (Wildman–Crippen LogP) is 2.74. The van der Waals surface area contributed by atoms with Crippen molar-refractivity contribution in [3.8, 4) is 17.1 Å². The molecule has 100 valence electrons. The summed E-state index contributed by atoms with van der Waals surface area (Å²) in [4.78, 5) is 12.7. The molecule has 2 aromatic rings. The fraction of sp³-hybridized carbons (Fsp3) is 0.308. The molecular formula is C13H15ClN4O. The van der Waals surface area contributed by atoms with E-state index in [0.29, 0.717) is 22.4 Å². The normalized spacial score (nSPS) is 10.5. The van der Waals surface area contributed by atoms with Crippen LogP contribution in [0.1, 0.15) is 19.2 Å². The van der Waals surface area contributed by atoms with Crippen LogP contribution < -0.4 is 10.5 Å². The molecule has 2 rings (SSSR count). The molecule has 0 bridgehead atoms. The lowest BCUT2D eigenvalue weighted by Gasteiger charge is -2.09. The Morgan fingerprint density at radius 1 is 1.26 bits per heavy atom. The minimum Gasteiger partial charge on any atom is -0.496 e. The number of methoxy groups -OCH3 is 1. The second-order valence-electron chi connectivity index (χ2n) is 4.03. The molecule has 0 fully saturated rings. The molecule has 19 heavy (non-hydrogen) atoms. The Kier molecular flexibility index (Phi) is 4.16. The van der Waals surface area contributed by atoms with E-state index in [4.69, 9.17) is 22.1 Å². The lowest BCUT2D eigenvalue weighted by molar-refractivity contribution is 0.416. The van der Waals surface area contributed by atoms with Crippen molar-refractivity contribution in [3.05, 3.63) is 29.0 Å². The molecule has 0 radical (unpaired) electrons. The van der Waals surface area contributed by atoms with Gasteiger partial charge in [-0.15, -0.1) is 0 Å². The van der Waals surface area contributed by atoms with E-state index >= 15 is 0 Å². The van der Waals surface area contributed by atoms with Gasteiger partial charge in [-0.2, -0.15) is 9.97 Å². The van der Waals surface area contributed by atoms with Crippen LogP contribution in [0.3, 0.4) is 0 Å². The first kappa shape index (κ1) is 13.5. The van der Waals surface area contributed by atoms with Crippen molar-refractivity contribution < 1.29 is 4.74 Å². The largest absolute Gasteiger partial charge is 0.496 e. The molecule has 1 aromatic carbocycles. The second-order valence-corrected chi connectivity index (χ2v) is 4.46. The van der Waals surface area contributed by atoms with Gasteiger partial charge in [-0.25, -0.2) is 4.98 Å². The Bertz CT molecular complexity index is 589. The molecule has 1 heterocycles. The fourth-order valence-corrected chi connectivity index (χ4v) is 1.91. The Morgan fingerprint density at radius 2 is 2.05 bits per heavy atom. The number of aryl methyl sites for hydroxylation is 1. The van der Waals surface area contributed by atoms with Gasteiger partial charge in [-0.3, -0.25) is 0 Å². The lowest BCUT2D eigenvalue weighted by atomic mass is 10.2. The minimum atomic E-state index is 0.213. The number of nitrogens with zero attached hydrogens (tertiary/aromatic N) is 3. The van der Waals surface area contributed by atoms with Crippen LogP contribution >= 0.6 is 11.6 Å². The Morgan fingerprint density at radius 3 is 2.74 bits per heavy atom. The Labute approximate surface area is 116 Å². The number of hydrogen-bond acceptors (Lipinski definition) is 5. The monoisotopic (exact) mass is 278 g/mol. The number of halogens is 1. The van der Waals surface area contributed by atoms with Crippen molar-refractivity contribution in [1.82, 2.24) is 15.0 Å². The topological polar surface area (TPSA) is 73.9 Å². The van der Waals surface area contributed by atoms with Crippen LogP contribution in [-0.2, 0) is 6.42 Å². The Hall–Kier alpha value is -1.88. The molecule has 0 spiro atoms. The maximum absolute atomic E-state index is 5.94. The second kappa shape index (κ2) is 5.84. The van der Waals surface area contributed by atoms with E-state index in [9.17, 15) is 0 Å². The summed E-state index contributed by atoms with van der Waals surface area (Å²) in [6, 6.07) is 5.29. The maximum atomic E-state index is 5.94. The van der Waals surface area contributed by atoms with Gasteiger partial charge >= 0.3 is 0 Å². The molecule has 2 N–H and O–H groups in total. The molecule has 0 aliphatic carbocycles. The number of anilines is 1. The zero-order valence-corrected chi connectivity index (χ0v) is 11.6. The van der Waals surface area contributed by atoms with Crippen molar-refractivity contribution >= 4 is 17.5 Å². The first-order valence-corrected chi connectivity index (χ1v) is 6.36. The van der Waals surface area contributed by atoms with E-state index in [1.165, 1.54) is 0 Å². The zero-order valence-electron chi connectivity index (χ0n) is 10.9. The van der Waals surface area contributed by atoms with E-state index in [-0.39, 0.29) is 5.95 Å². The number of hydrogen-bond donors (Lipinski definition) is 1. The number of aromatic nitrogens is 3. The number of ether oxygens (including phenoxy) is 1. The summed E-state index contributed by atoms with van der Waals surface area (Å²) < 4.78 is 5.29. The highest BCUT2D eigenvalue weighted by Crippen LogP contribution is 2.30. The number of benzene rings is 1. The van der Waals surface area contributed by atoms with Crippen molar-refractivity contribution in [1.29, 1.82) is 0 Å². The molecule has 0 saturated carbocycles. The summed E-state index contributed by atoms with van der Waals surface area (Å²) in [6.07, 6.45) is 1.70. The number of nitrogen functional groups attached to an aromatic ring is 1. The first-order valence-electron chi connectivity index (χ1n) is 5.98. The summed E-state index contributed by atoms with van der Waals surface area (Å²) in [5, 5.41) is 0.594. The molecule has 0 unspecified atom stereocenters. The van der Waals surface area contributed by atoms with E-state index in [2.05, 4.69) is 21.9 Å². The van der Waals surface area contributed by atoms with Crippen LogP contribution in [0, 0.1) is 0 Å². The van der Waals surface area contributed by atoms with Crippen LogP contribution in [0.15, 0.2) is 18.2 Å². The van der Waals surface area contributed by atoms with Gasteiger partial charge in [0.25, 0.3) is 0 Å². The van der Waals surface area contributed by atoms with E-state index in [1.807, 2.05) is 6.07 Å². The third-order valence-corrected chi connectivity index (χ3v) is 2.81. The zero-order chi connectivity index (χ0) is 13.8. The summed E-state index contributed by atoms with van der Waals surface area (Å²) in [7, 11) is 1.58. The predicted molar refractivity (Wildman–Crippen MR) is 75.2 cm³/mol. The van der Waals surface area contributed by atoms with Gasteiger partial charge in [-0.1, -0.05) is 18.5 Å². The van der Waals surface area contributed by atoms with Crippen LogP contribution in [0.2, 0.25) is 5.02 Å². The van der Waals surface area contributed by atoms with E-state index in [0.717, 1.165) is 18.4 Å². The van der Waals surface area contributed by atoms with Crippen molar-refractivity contribution in [3.63, 3.8) is 0 Å². The average molecular weight is 279 g/mol. The molecule has 5 nitrogen and oxygen atoms in total. The quantitative estimate of drug-likeness (QED) is 0.931. The molecule has 0 amide bonds. The van der Waals surface area contributed by atoms with Crippen LogP contribution in [-0.4, -0.2) is 22.1 Å². The SMILES string of the molecule is CCCc1nc(N)nc(-c2ccc(Cl)cc2OC)n1. The van der Waals surface area contributed by atoms with Crippen molar-refractivity contribution in [2.45, 2.75) is 19.8 Å². The Balaban J connectivity index is 2.51. The standard InChI is InChI=1S/C13H15ClN4O/c1-3-4-11-16-12(18-13(15)17-11)9-6-5-8(14)7-10(9)19-2/h5-7H,3-4H2,1-2H3,(H2,15,16,17,18). The number of nitrogens with two attached hydrogens (primary N) is 1. The van der Waals surface area contributed by atoms with Gasteiger partial charge in [0.1, 0.15) is 11.6 Å². The third-order valence-electron chi connectivity index (χ3n) is 2.58. The van der Waals surface area contributed by atoms with Crippen LogP contribution in [0.4, 0.5) is 5.95 Å². The van der Waals surface area contributed by atoms with Crippen molar-refractivity contribution in [2.24, 2.45) is 0 Å². The highest BCUT2D eigenvalue weighted by atomic mass is 35.5. The van der Waals surface area contributed by atoms with Gasteiger partial charge in [0, 0.05) is 11.4 Å². The fourth-order valence-electron chi connectivity index (χ4n) is 1.74. The molecule has 0 saturated heterocycles. The maximum Gasteiger partial charge on any atom is 0.223 e. The molecular weight excluding hydrogens is 264 g/mol. The first-order chi connectivity index (χ1) is 9.13. The molecule has 0 atom stereocenters. The summed E-state index contributed by atoms with van der Waals surface area (Å²) in [5.41, 5.74) is 6.47. The van der Waals surface area contributed by atoms with Crippen LogP contribution in [0.25, 0.3) is 11.4 Å². The van der Waals surface area contributed by atoms with Gasteiger partial charge in [0.2, 0.25) is 5.95 Å². The minimum absolute atomic E-state index is 0.213. The van der Waals surface area contributed by atoms with Gasteiger partial charge < -0.3 is 10.5 Å². The summed E-state index contributed by atoms with van der Waals surface area (Å²) >= 11 is 5.94. The van der Waals surface area contributed by atoms with Gasteiger partial charge in [-0.05, 0) is 24.6 Å². The molecule has 6 heteroatoms. The molecule has 0 aliphatic heterocycles. The summed E-state index contributed by atoms with van der Waals surface area (Å²) in [6.45, 7) is 2.06. The smallest absolute Gasteiger partial charge is 0.223 e. The average Bonchev–Trinajstić information content (AvgIpc) is 2.38. The highest BCUT2D eigenvalue weighted by Gasteiger charge is 2.12. The van der Waals surface area contributed by atoms with Crippen LogP contribution in [0.5, 0.6) is 5.75 Å².